The molecule has 1 heterocycles. The van der Waals surface area contributed by atoms with Crippen LogP contribution in [0.2, 0.25) is 0 Å². The van der Waals surface area contributed by atoms with E-state index >= 15 is 0 Å². The average Bonchev–Trinajstić information content (AvgIpc) is 2.99. The van der Waals surface area contributed by atoms with Gasteiger partial charge in [-0.05, 0) is 55.8 Å². The van der Waals surface area contributed by atoms with Crippen LogP contribution >= 0.6 is 0 Å². The van der Waals surface area contributed by atoms with Crippen LogP contribution in [0, 0.1) is 11.8 Å². The van der Waals surface area contributed by atoms with Crippen molar-refractivity contribution in [2.24, 2.45) is 11.8 Å². The first kappa shape index (κ1) is 33.7. The summed E-state index contributed by atoms with van der Waals surface area (Å²) in [6.45, 7) is 8.33. The lowest BCUT2D eigenvalue weighted by atomic mass is 9.97. The first-order valence-corrected chi connectivity index (χ1v) is 15.3. The zero-order valence-corrected chi connectivity index (χ0v) is 26.2. The number of ether oxygens (including phenoxy) is 1. The van der Waals surface area contributed by atoms with Crippen molar-refractivity contribution >= 4 is 23.4 Å². The van der Waals surface area contributed by atoms with Gasteiger partial charge in [0.25, 0.3) is 0 Å². The lowest BCUT2D eigenvalue weighted by Crippen LogP contribution is -2.57. The molecule has 1 aliphatic rings. The molecule has 4 atom stereocenters. The summed E-state index contributed by atoms with van der Waals surface area (Å²) in [6, 6.07) is 15.1. The maximum absolute atomic E-state index is 13.8. The second-order valence-corrected chi connectivity index (χ2v) is 11.9. The molecule has 2 aromatic carbocycles. The predicted molar refractivity (Wildman–Crippen MR) is 169 cm³/mol. The molecule has 0 unspecified atom stereocenters. The number of nitrogens with zero attached hydrogens (tertiary/aromatic N) is 1. The first-order valence-electron chi connectivity index (χ1n) is 15.3. The summed E-state index contributed by atoms with van der Waals surface area (Å²) in [5.74, 6) is 0.297. The SMILES string of the molecule is COc1cccc(C(=O)CN2CCCC[C@H]2C(=O)N[C@@H](Cc2ccccc2)C(=O)N[C@H](/C=C/[C@@H](C)CC(C)=O)C(C)C)c1. The molecule has 2 aromatic rings. The molecule has 0 saturated carbocycles. The molecule has 0 spiro atoms. The summed E-state index contributed by atoms with van der Waals surface area (Å²) in [5, 5.41) is 6.16. The Morgan fingerprint density at radius 1 is 0.977 bits per heavy atom. The number of hydrogen-bond acceptors (Lipinski definition) is 6. The summed E-state index contributed by atoms with van der Waals surface area (Å²) in [5.41, 5.74) is 1.47. The molecule has 232 valence electrons. The number of nitrogens with one attached hydrogen (secondary N) is 2. The molecular weight excluding hydrogens is 542 g/mol. The molecule has 1 saturated heterocycles. The largest absolute Gasteiger partial charge is 0.497 e. The van der Waals surface area contributed by atoms with Crippen LogP contribution in [0.4, 0.5) is 0 Å². The zero-order chi connectivity index (χ0) is 31.4. The van der Waals surface area contributed by atoms with Crippen LogP contribution in [0.3, 0.4) is 0 Å². The fourth-order valence-electron chi connectivity index (χ4n) is 5.41. The van der Waals surface area contributed by atoms with Crippen LogP contribution in [0.5, 0.6) is 5.75 Å². The Morgan fingerprint density at radius 2 is 1.72 bits per heavy atom. The van der Waals surface area contributed by atoms with Gasteiger partial charge < -0.3 is 20.2 Å². The maximum Gasteiger partial charge on any atom is 0.243 e. The van der Waals surface area contributed by atoms with Crippen LogP contribution in [0.15, 0.2) is 66.7 Å². The van der Waals surface area contributed by atoms with Gasteiger partial charge in [-0.15, -0.1) is 0 Å². The van der Waals surface area contributed by atoms with Gasteiger partial charge in [-0.2, -0.15) is 0 Å². The van der Waals surface area contributed by atoms with Gasteiger partial charge in [0.2, 0.25) is 11.8 Å². The van der Waals surface area contributed by atoms with E-state index in [2.05, 4.69) is 10.6 Å². The number of ketones is 2. The summed E-state index contributed by atoms with van der Waals surface area (Å²) in [7, 11) is 1.56. The van der Waals surface area contributed by atoms with Gasteiger partial charge in [0, 0.05) is 24.4 Å². The van der Waals surface area contributed by atoms with Crippen molar-refractivity contribution in [3.05, 3.63) is 77.9 Å². The predicted octanol–water partition coefficient (Wildman–Crippen LogP) is 4.77. The molecule has 2 N–H and O–H groups in total. The Balaban J connectivity index is 1.76. The van der Waals surface area contributed by atoms with Gasteiger partial charge in [0.15, 0.2) is 5.78 Å². The highest BCUT2D eigenvalue weighted by Gasteiger charge is 2.33. The third-order valence-corrected chi connectivity index (χ3v) is 7.85. The molecule has 0 aliphatic carbocycles. The smallest absolute Gasteiger partial charge is 0.243 e. The van der Waals surface area contributed by atoms with E-state index in [4.69, 9.17) is 4.74 Å². The second-order valence-electron chi connectivity index (χ2n) is 11.9. The summed E-state index contributed by atoms with van der Waals surface area (Å²) in [6.07, 6.45) is 7.08. The zero-order valence-electron chi connectivity index (χ0n) is 26.2. The first-order chi connectivity index (χ1) is 20.6. The number of hydrogen-bond donors (Lipinski definition) is 2. The van der Waals surface area contributed by atoms with Gasteiger partial charge in [0.1, 0.15) is 17.6 Å². The number of methoxy groups -OCH3 is 1. The molecule has 8 nitrogen and oxygen atoms in total. The van der Waals surface area contributed by atoms with Crippen molar-refractivity contribution in [1.82, 2.24) is 15.5 Å². The van der Waals surface area contributed by atoms with Gasteiger partial charge >= 0.3 is 0 Å². The number of likely N-dealkylation sites (tertiary alicyclic amines) is 1. The van der Waals surface area contributed by atoms with Crippen LogP contribution in [-0.2, 0) is 20.8 Å². The molecule has 1 fully saturated rings. The van der Waals surface area contributed by atoms with Gasteiger partial charge in [-0.1, -0.05) is 81.8 Å². The van der Waals surface area contributed by atoms with E-state index in [0.29, 0.717) is 37.1 Å². The van der Waals surface area contributed by atoms with Crippen molar-refractivity contribution in [3.8, 4) is 5.75 Å². The third-order valence-electron chi connectivity index (χ3n) is 7.85. The van der Waals surface area contributed by atoms with Gasteiger partial charge in [-0.3, -0.25) is 19.3 Å². The van der Waals surface area contributed by atoms with E-state index in [9.17, 15) is 19.2 Å². The molecule has 0 bridgehead atoms. The number of rotatable bonds is 15. The molecule has 3 rings (SSSR count). The minimum atomic E-state index is -0.794. The number of carbonyl (C=O) groups is 4. The fourth-order valence-corrected chi connectivity index (χ4v) is 5.41. The van der Waals surface area contributed by atoms with Crippen LogP contribution in [-0.4, -0.2) is 66.6 Å². The lowest BCUT2D eigenvalue weighted by molar-refractivity contribution is -0.133. The highest BCUT2D eigenvalue weighted by Crippen LogP contribution is 2.20. The summed E-state index contributed by atoms with van der Waals surface area (Å²) >= 11 is 0. The molecule has 43 heavy (non-hydrogen) atoms. The molecule has 0 aromatic heterocycles. The average molecular weight is 590 g/mol. The number of piperidine rings is 1. The molecule has 2 amide bonds. The topological polar surface area (TPSA) is 105 Å². The van der Waals surface area contributed by atoms with E-state index in [1.165, 1.54) is 0 Å². The Kier molecular flexibility index (Phi) is 13.1. The highest BCUT2D eigenvalue weighted by atomic mass is 16.5. The number of benzene rings is 2. The standard InChI is InChI=1S/C35H47N3O5/c1-24(2)30(18-17-25(3)20-26(4)39)36-34(41)31(21-27-12-7-6-8-13-27)37-35(42)32-16-9-10-19-38(32)23-33(40)28-14-11-15-29(22-28)43-5/h6-8,11-15,17-18,22,24-25,30-32H,9-10,16,19-21,23H2,1-5H3,(H,36,41)(H,37,42)/b18-17+/t25-,30-,31+,32+/m1/s1. The molecule has 0 radical (unpaired) electrons. The number of allylic oxidation sites excluding steroid dienone is 1. The van der Waals surface area contributed by atoms with Gasteiger partial charge in [-0.25, -0.2) is 0 Å². The normalized spacial score (nSPS) is 17.7. The lowest BCUT2D eigenvalue weighted by Gasteiger charge is -2.35. The van der Waals surface area contributed by atoms with E-state index in [1.54, 1.807) is 38.3 Å². The molecular formula is C35H47N3O5. The fraction of sp³-hybridized carbons (Fsp3) is 0.486. The van der Waals surface area contributed by atoms with Gasteiger partial charge in [0.05, 0.1) is 19.7 Å². The van der Waals surface area contributed by atoms with Crippen LogP contribution in [0.1, 0.15) is 69.3 Å². The van der Waals surface area contributed by atoms with Crippen molar-refractivity contribution in [1.29, 1.82) is 0 Å². The Bertz CT molecular complexity index is 1260. The van der Waals surface area contributed by atoms with E-state index in [1.807, 2.05) is 68.2 Å². The number of amides is 2. The maximum atomic E-state index is 13.8. The number of carbonyl (C=O) groups excluding carboxylic acids is 4. The van der Waals surface area contributed by atoms with Crippen molar-refractivity contribution in [2.45, 2.75) is 77.9 Å². The van der Waals surface area contributed by atoms with Crippen LogP contribution < -0.4 is 15.4 Å². The van der Waals surface area contributed by atoms with Crippen LogP contribution in [0.25, 0.3) is 0 Å². The quantitative estimate of drug-likeness (QED) is 0.229. The minimum absolute atomic E-state index is 0.0624. The summed E-state index contributed by atoms with van der Waals surface area (Å²) < 4.78 is 5.27. The second kappa shape index (κ2) is 16.8. The molecule has 8 heteroatoms. The van der Waals surface area contributed by atoms with Crippen molar-refractivity contribution in [2.75, 3.05) is 20.2 Å². The third kappa shape index (κ3) is 10.8. The molecule has 1 aliphatic heterocycles. The Hall–Kier alpha value is -3.78. The minimum Gasteiger partial charge on any atom is -0.497 e. The van der Waals surface area contributed by atoms with E-state index in [0.717, 1.165) is 18.4 Å². The van der Waals surface area contributed by atoms with Crippen molar-refractivity contribution < 1.29 is 23.9 Å². The monoisotopic (exact) mass is 589 g/mol. The summed E-state index contributed by atoms with van der Waals surface area (Å²) in [4.78, 5) is 54.1. The Labute approximate surface area is 256 Å². The Morgan fingerprint density at radius 3 is 2.40 bits per heavy atom. The van der Waals surface area contributed by atoms with E-state index in [-0.39, 0.29) is 47.8 Å². The highest BCUT2D eigenvalue weighted by molar-refractivity contribution is 5.98. The van der Waals surface area contributed by atoms with E-state index < -0.39 is 12.1 Å². The van der Waals surface area contributed by atoms with Crippen molar-refractivity contribution in [3.63, 3.8) is 0 Å². The number of Topliss-reactive ketones (excluding diaryl/α,β-unsaturated/α-hetero) is 2.